The Morgan fingerprint density at radius 1 is 1.26 bits per heavy atom. The van der Waals surface area contributed by atoms with E-state index in [1.807, 2.05) is 6.92 Å². The molecule has 0 aliphatic heterocycles. The number of hydrogen-bond acceptors (Lipinski definition) is 6. The molecule has 2 heterocycles. The summed E-state index contributed by atoms with van der Waals surface area (Å²) >= 11 is 0. The lowest BCUT2D eigenvalue weighted by molar-refractivity contribution is 0.102. The minimum Gasteiger partial charge on any atom is -0.505 e. The van der Waals surface area contributed by atoms with Gasteiger partial charge in [-0.05, 0) is 18.6 Å². The zero-order valence-corrected chi connectivity index (χ0v) is 15.1. The number of nitrogens with zero attached hydrogens (tertiary/aromatic N) is 1. The van der Waals surface area contributed by atoms with Gasteiger partial charge in [-0.2, -0.15) is 0 Å². The summed E-state index contributed by atoms with van der Waals surface area (Å²) < 4.78 is 10.7. The van der Waals surface area contributed by atoms with Crippen LogP contribution in [-0.4, -0.2) is 35.2 Å². The van der Waals surface area contributed by atoms with Crippen molar-refractivity contribution in [2.45, 2.75) is 13.3 Å². The number of aromatic hydroxyl groups is 1. The Bertz CT molecular complexity index is 1060. The summed E-state index contributed by atoms with van der Waals surface area (Å²) in [6, 6.07) is 4.59. The molecule has 1 amide bonds. The van der Waals surface area contributed by atoms with Gasteiger partial charge in [0.1, 0.15) is 0 Å². The molecule has 0 fully saturated rings. The van der Waals surface area contributed by atoms with Crippen molar-refractivity contribution in [1.82, 2.24) is 9.97 Å². The van der Waals surface area contributed by atoms with Gasteiger partial charge in [-0.15, -0.1) is 0 Å². The van der Waals surface area contributed by atoms with Gasteiger partial charge in [0.2, 0.25) is 0 Å². The Morgan fingerprint density at radius 2 is 1.96 bits per heavy atom. The third kappa shape index (κ3) is 3.17. The first-order valence-electron chi connectivity index (χ1n) is 8.26. The second-order valence-corrected chi connectivity index (χ2v) is 5.73. The third-order valence-electron chi connectivity index (χ3n) is 4.25. The van der Waals surface area contributed by atoms with Gasteiger partial charge in [0, 0.05) is 35.0 Å². The first-order chi connectivity index (χ1) is 13.0. The van der Waals surface area contributed by atoms with E-state index in [0.717, 1.165) is 0 Å². The van der Waals surface area contributed by atoms with Crippen molar-refractivity contribution in [2.75, 3.05) is 19.5 Å². The van der Waals surface area contributed by atoms with Crippen LogP contribution >= 0.6 is 0 Å². The maximum atomic E-state index is 12.5. The topological polar surface area (TPSA) is 114 Å². The minimum absolute atomic E-state index is 0.230. The Kier molecular flexibility index (Phi) is 4.98. The molecule has 0 aliphatic carbocycles. The molecule has 8 nitrogen and oxygen atoms in total. The number of pyridine rings is 2. The summed E-state index contributed by atoms with van der Waals surface area (Å²) in [5.41, 5.74) is 0.490. The molecule has 0 saturated carbocycles. The van der Waals surface area contributed by atoms with Crippen LogP contribution in [0.1, 0.15) is 22.8 Å². The number of rotatable bonds is 5. The predicted molar refractivity (Wildman–Crippen MR) is 101 cm³/mol. The zero-order chi connectivity index (χ0) is 19.6. The minimum atomic E-state index is -0.628. The van der Waals surface area contributed by atoms with Crippen molar-refractivity contribution in [2.24, 2.45) is 0 Å². The number of nitrogens with one attached hydrogen (secondary N) is 2. The highest BCUT2D eigenvalue weighted by Crippen LogP contribution is 2.41. The van der Waals surface area contributed by atoms with E-state index in [1.165, 1.54) is 38.7 Å². The standard InChI is InChI=1S/C19H19N3O5/c1-4-11-14-12(9-13(26-2)17(11)27-3)21-19(25)15(16(14)23)22-18(24)10-5-7-20-8-6-10/h5-9H,4H2,1-3H3,(H,22,24)(H2,21,23,25). The van der Waals surface area contributed by atoms with Crippen LogP contribution < -0.4 is 20.3 Å². The number of aromatic amines is 1. The highest BCUT2D eigenvalue weighted by Gasteiger charge is 2.22. The van der Waals surface area contributed by atoms with E-state index in [0.29, 0.717) is 39.9 Å². The number of hydrogen-bond donors (Lipinski definition) is 3. The first-order valence-corrected chi connectivity index (χ1v) is 8.26. The molecule has 0 bridgehead atoms. The second-order valence-electron chi connectivity index (χ2n) is 5.73. The molecule has 140 valence electrons. The van der Waals surface area contributed by atoms with Crippen LogP contribution in [-0.2, 0) is 6.42 Å². The average molecular weight is 369 g/mol. The lowest BCUT2D eigenvalue weighted by Crippen LogP contribution is -2.20. The first kappa shape index (κ1) is 18.2. The normalized spacial score (nSPS) is 10.6. The maximum Gasteiger partial charge on any atom is 0.276 e. The third-order valence-corrected chi connectivity index (χ3v) is 4.25. The number of methoxy groups -OCH3 is 2. The molecule has 0 unspecified atom stereocenters. The fourth-order valence-corrected chi connectivity index (χ4v) is 3.00. The van der Waals surface area contributed by atoms with E-state index >= 15 is 0 Å². The monoisotopic (exact) mass is 369 g/mol. The van der Waals surface area contributed by atoms with E-state index in [2.05, 4.69) is 15.3 Å². The number of anilines is 1. The quantitative estimate of drug-likeness (QED) is 0.637. The number of carbonyl (C=O) groups excluding carboxylic acids is 1. The van der Waals surface area contributed by atoms with Gasteiger partial charge in [-0.1, -0.05) is 6.92 Å². The van der Waals surface area contributed by atoms with Gasteiger partial charge in [0.15, 0.2) is 22.9 Å². The van der Waals surface area contributed by atoms with Gasteiger partial charge < -0.3 is 24.9 Å². The summed E-state index contributed by atoms with van der Waals surface area (Å²) in [6.45, 7) is 1.89. The fraction of sp³-hybridized carbons (Fsp3) is 0.211. The second kappa shape index (κ2) is 7.36. The van der Waals surface area contributed by atoms with Gasteiger partial charge in [0.05, 0.1) is 19.7 Å². The molecule has 27 heavy (non-hydrogen) atoms. The molecule has 2 aromatic heterocycles. The van der Waals surface area contributed by atoms with Crippen LogP contribution in [0.3, 0.4) is 0 Å². The highest BCUT2D eigenvalue weighted by atomic mass is 16.5. The Balaban J connectivity index is 2.21. The van der Waals surface area contributed by atoms with E-state index in [-0.39, 0.29) is 11.4 Å². The SMILES string of the molecule is CCc1c(OC)c(OC)cc2[nH]c(=O)c(NC(=O)c3ccncc3)c(O)c12. The van der Waals surface area contributed by atoms with E-state index < -0.39 is 11.5 Å². The maximum absolute atomic E-state index is 12.5. The highest BCUT2D eigenvalue weighted by molar-refractivity contribution is 6.07. The number of carbonyl (C=O) groups is 1. The Labute approximate surface area is 154 Å². The summed E-state index contributed by atoms with van der Waals surface area (Å²) in [6.07, 6.45) is 3.44. The van der Waals surface area contributed by atoms with Crippen LogP contribution in [0.25, 0.3) is 10.9 Å². The average Bonchev–Trinajstić information content (AvgIpc) is 2.69. The molecule has 3 rings (SSSR count). The molecule has 0 spiro atoms. The van der Waals surface area contributed by atoms with Gasteiger partial charge >= 0.3 is 0 Å². The molecule has 0 atom stereocenters. The molecule has 8 heteroatoms. The smallest absolute Gasteiger partial charge is 0.276 e. The van der Waals surface area contributed by atoms with Gasteiger partial charge in [-0.3, -0.25) is 14.6 Å². The molecule has 3 N–H and O–H groups in total. The number of aromatic nitrogens is 2. The van der Waals surface area contributed by atoms with E-state index in [9.17, 15) is 14.7 Å². The van der Waals surface area contributed by atoms with Crippen LogP contribution in [0.5, 0.6) is 17.2 Å². The van der Waals surface area contributed by atoms with Crippen molar-refractivity contribution in [3.8, 4) is 17.2 Å². The fourth-order valence-electron chi connectivity index (χ4n) is 3.00. The van der Waals surface area contributed by atoms with Crippen molar-refractivity contribution in [3.05, 3.63) is 52.1 Å². The van der Waals surface area contributed by atoms with E-state index in [4.69, 9.17) is 9.47 Å². The predicted octanol–water partition coefficient (Wildman–Crippen LogP) is 2.46. The van der Waals surface area contributed by atoms with Crippen LogP contribution in [0.2, 0.25) is 0 Å². The van der Waals surface area contributed by atoms with Crippen molar-refractivity contribution in [1.29, 1.82) is 0 Å². The number of amides is 1. The lowest BCUT2D eigenvalue weighted by Gasteiger charge is -2.17. The molecular formula is C19H19N3O5. The molecule has 3 aromatic rings. The Morgan fingerprint density at radius 3 is 2.56 bits per heavy atom. The lowest BCUT2D eigenvalue weighted by atomic mass is 10.0. The zero-order valence-electron chi connectivity index (χ0n) is 15.1. The van der Waals surface area contributed by atoms with Gasteiger partial charge in [0.25, 0.3) is 11.5 Å². The number of aryl methyl sites for hydroxylation is 1. The summed E-state index contributed by atoms with van der Waals surface area (Å²) in [7, 11) is 2.99. The Hall–Kier alpha value is -3.55. The molecule has 0 radical (unpaired) electrons. The van der Waals surface area contributed by atoms with Crippen LogP contribution in [0.4, 0.5) is 5.69 Å². The van der Waals surface area contributed by atoms with Gasteiger partial charge in [-0.25, -0.2) is 0 Å². The number of ether oxygens (including phenoxy) is 2. The molecular weight excluding hydrogens is 350 g/mol. The summed E-state index contributed by atoms with van der Waals surface area (Å²) in [5.74, 6) is 0.0387. The van der Waals surface area contributed by atoms with Crippen molar-refractivity contribution < 1.29 is 19.4 Å². The van der Waals surface area contributed by atoms with E-state index in [1.54, 1.807) is 6.07 Å². The van der Waals surface area contributed by atoms with Crippen LogP contribution in [0, 0.1) is 0 Å². The molecule has 1 aromatic carbocycles. The number of H-pyrrole nitrogens is 1. The molecule has 0 aliphatic rings. The molecule has 0 saturated heterocycles. The van der Waals surface area contributed by atoms with Crippen molar-refractivity contribution >= 4 is 22.5 Å². The summed E-state index contributed by atoms with van der Waals surface area (Å²) in [5, 5.41) is 13.6. The van der Waals surface area contributed by atoms with Crippen molar-refractivity contribution in [3.63, 3.8) is 0 Å². The largest absolute Gasteiger partial charge is 0.505 e. The summed E-state index contributed by atoms with van der Waals surface area (Å²) in [4.78, 5) is 31.4. The van der Waals surface area contributed by atoms with Crippen LogP contribution in [0.15, 0.2) is 35.4 Å². The number of benzene rings is 1. The number of fused-ring (bicyclic) bond motifs is 1.